The summed E-state index contributed by atoms with van der Waals surface area (Å²) in [6.07, 6.45) is 0.857. The Bertz CT molecular complexity index is 1050. The van der Waals surface area contributed by atoms with Crippen molar-refractivity contribution in [3.63, 3.8) is 0 Å². The van der Waals surface area contributed by atoms with Crippen molar-refractivity contribution < 1.29 is 14.8 Å². The van der Waals surface area contributed by atoms with Crippen molar-refractivity contribution in [1.82, 2.24) is 15.2 Å². The third-order valence-corrected chi connectivity index (χ3v) is 4.54. The Labute approximate surface area is 157 Å². The standard InChI is InChI=1S/C17H13N5O4S/c1-27-17-19-16-14(20-21-17)10-4-2-3-5-12(10)18-15(26-16)11-8-9(23)6-7-13(11)22(24)25/h2-8,15,18,23H,1H3/t15-/m1/s1. The smallest absolute Gasteiger partial charge is 0.278 e. The maximum absolute atomic E-state index is 11.5. The van der Waals surface area contributed by atoms with Crippen molar-refractivity contribution in [1.29, 1.82) is 0 Å². The van der Waals surface area contributed by atoms with E-state index >= 15 is 0 Å². The number of rotatable bonds is 3. The van der Waals surface area contributed by atoms with Gasteiger partial charge in [-0.2, -0.15) is 4.98 Å². The number of anilines is 1. The molecule has 0 aliphatic carbocycles. The average molecular weight is 383 g/mol. The minimum absolute atomic E-state index is 0.107. The number of thioether (sulfide) groups is 1. The highest BCUT2D eigenvalue weighted by Gasteiger charge is 2.30. The van der Waals surface area contributed by atoms with E-state index in [4.69, 9.17) is 4.74 Å². The molecule has 1 aliphatic rings. The molecule has 2 N–H and O–H groups in total. The number of benzene rings is 2. The lowest BCUT2D eigenvalue weighted by atomic mass is 10.1. The lowest BCUT2D eigenvalue weighted by Crippen LogP contribution is -2.18. The Hall–Kier alpha value is -3.40. The summed E-state index contributed by atoms with van der Waals surface area (Å²) in [6.45, 7) is 0. The Morgan fingerprint density at radius 2 is 2.07 bits per heavy atom. The van der Waals surface area contributed by atoms with Crippen LogP contribution in [0.5, 0.6) is 11.6 Å². The summed E-state index contributed by atoms with van der Waals surface area (Å²) in [5.41, 5.74) is 1.80. The molecule has 0 saturated carbocycles. The molecule has 2 heterocycles. The number of ether oxygens (including phenoxy) is 1. The Morgan fingerprint density at radius 1 is 1.26 bits per heavy atom. The van der Waals surface area contributed by atoms with Gasteiger partial charge >= 0.3 is 0 Å². The second-order valence-corrected chi connectivity index (χ2v) is 6.41. The first-order valence-corrected chi connectivity index (χ1v) is 9.08. The summed E-state index contributed by atoms with van der Waals surface area (Å²) in [5.74, 6) is 0.0961. The summed E-state index contributed by atoms with van der Waals surface area (Å²) in [4.78, 5) is 15.3. The highest BCUT2D eigenvalue weighted by atomic mass is 32.2. The molecule has 3 aromatic rings. The van der Waals surface area contributed by atoms with Crippen molar-refractivity contribution in [3.8, 4) is 22.9 Å². The summed E-state index contributed by atoms with van der Waals surface area (Å²) in [7, 11) is 0. The van der Waals surface area contributed by atoms with Gasteiger partial charge in [0.15, 0.2) is 5.69 Å². The molecule has 1 atom stereocenters. The third kappa shape index (κ3) is 3.10. The molecule has 0 amide bonds. The van der Waals surface area contributed by atoms with Crippen LogP contribution >= 0.6 is 11.8 Å². The number of aromatic nitrogens is 3. The Kier molecular flexibility index (Phi) is 4.24. The van der Waals surface area contributed by atoms with Crippen LogP contribution < -0.4 is 10.1 Å². The van der Waals surface area contributed by atoms with Crippen LogP contribution in [0.2, 0.25) is 0 Å². The number of hydrogen-bond acceptors (Lipinski definition) is 9. The summed E-state index contributed by atoms with van der Waals surface area (Å²) in [5, 5.41) is 33.1. The van der Waals surface area contributed by atoms with Gasteiger partial charge in [-0.15, -0.1) is 10.2 Å². The first-order valence-electron chi connectivity index (χ1n) is 7.85. The molecule has 0 spiro atoms. The highest BCUT2D eigenvalue weighted by Crippen LogP contribution is 2.41. The van der Waals surface area contributed by atoms with Crippen molar-refractivity contribution >= 4 is 23.1 Å². The van der Waals surface area contributed by atoms with Gasteiger partial charge in [0, 0.05) is 17.3 Å². The monoisotopic (exact) mass is 383 g/mol. The largest absolute Gasteiger partial charge is 0.508 e. The molecule has 2 aromatic carbocycles. The summed E-state index contributed by atoms with van der Waals surface area (Å²) in [6, 6.07) is 11.1. The van der Waals surface area contributed by atoms with Crippen molar-refractivity contribution in [3.05, 3.63) is 58.1 Å². The number of para-hydroxylation sites is 1. The maximum Gasteiger partial charge on any atom is 0.278 e. The molecule has 1 aliphatic heterocycles. The minimum Gasteiger partial charge on any atom is -0.508 e. The van der Waals surface area contributed by atoms with Crippen LogP contribution in [0.3, 0.4) is 0 Å². The average Bonchev–Trinajstić information content (AvgIpc) is 2.83. The van der Waals surface area contributed by atoms with Crippen LogP contribution in [0.1, 0.15) is 11.8 Å². The SMILES string of the molecule is CSc1nnc2c(n1)O[C@H](c1cc(O)ccc1[N+](=O)[O-])Nc1ccccc1-2. The molecular weight excluding hydrogens is 370 g/mol. The zero-order valence-electron chi connectivity index (χ0n) is 14.0. The van der Waals surface area contributed by atoms with E-state index in [1.807, 2.05) is 24.5 Å². The third-order valence-electron chi connectivity index (χ3n) is 4.01. The van der Waals surface area contributed by atoms with Gasteiger partial charge in [-0.1, -0.05) is 30.0 Å². The Morgan fingerprint density at radius 3 is 2.85 bits per heavy atom. The normalized spacial score (nSPS) is 14.9. The topological polar surface area (TPSA) is 123 Å². The second kappa shape index (κ2) is 6.72. The van der Waals surface area contributed by atoms with E-state index in [0.717, 1.165) is 0 Å². The van der Waals surface area contributed by atoms with Gasteiger partial charge in [0.2, 0.25) is 17.3 Å². The number of aromatic hydroxyl groups is 1. The molecule has 0 unspecified atom stereocenters. The summed E-state index contributed by atoms with van der Waals surface area (Å²) >= 11 is 1.30. The summed E-state index contributed by atoms with van der Waals surface area (Å²) < 4.78 is 5.96. The van der Waals surface area contributed by atoms with Gasteiger partial charge in [-0.25, -0.2) is 0 Å². The van der Waals surface area contributed by atoms with Gasteiger partial charge in [0.1, 0.15) is 5.75 Å². The molecule has 10 heteroatoms. The minimum atomic E-state index is -0.952. The van der Waals surface area contributed by atoms with Crippen molar-refractivity contribution in [2.75, 3.05) is 11.6 Å². The van der Waals surface area contributed by atoms with Crippen LogP contribution in [-0.2, 0) is 0 Å². The van der Waals surface area contributed by atoms with Gasteiger partial charge in [-0.05, 0) is 24.5 Å². The van der Waals surface area contributed by atoms with Gasteiger partial charge in [0.25, 0.3) is 5.69 Å². The fourth-order valence-corrected chi connectivity index (χ4v) is 3.09. The van der Waals surface area contributed by atoms with E-state index in [9.17, 15) is 15.2 Å². The molecule has 9 nitrogen and oxygen atoms in total. The number of hydrogen-bond donors (Lipinski definition) is 2. The molecule has 0 radical (unpaired) electrons. The number of phenolic OH excluding ortho intramolecular Hbond substituents is 1. The van der Waals surface area contributed by atoms with E-state index in [0.29, 0.717) is 22.1 Å². The van der Waals surface area contributed by atoms with Gasteiger partial charge in [-0.3, -0.25) is 10.1 Å². The quantitative estimate of drug-likeness (QED) is 0.398. The molecular formula is C17H13N5O4S. The second-order valence-electron chi connectivity index (χ2n) is 5.64. The van der Waals surface area contributed by atoms with Gasteiger partial charge < -0.3 is 15.2 Å². The predicted octanol–water partition coefficient (Wildman–Crippen LogP) is 3.38. The molecule has 0 bridgehead atoms. The zero-order valence-corrected chi connectivity index (χ0v) is 14.8. The van der Waals surface area contributed by atoms with Crippen molar-refractivity contribution in [2.24, 2.45) is 0 Å². The number of phenols is 1. The predicted molar refractivity (Wildman–Crippen MR) is 98.8 cm³/mol. The molecule has 136 valence electrons. The van der Waals surface area contributed by atoms with Crippen LogP contribution in [0.15, 0.2) is 47.6 Å². The van der Waals surface area contributed by atoms with E-state index in [2.05, 4.69) is 20.5 Å². The van der Waals surface area contributed by atoms with E-state index < -0.39 is 11.2 Å². The van der Waals surface area contributed by atoms with Crippen LogP contribution in [0, 0.1) is 10.1 Å². The van der Waals surface area contributed by atoms with Crippen LogP contribution in [0.4, 0.5) is 11.4 Å². The number of nitrogens with one attached hydrogen (secondary N) is 1. The molecule has 1 aromatic heterocycles. The first-order chi connectivity index (χ1) is 13.1. The molecule has 0 saturated heterocycles. The van der Waals surface area contributed by atoms with Gasteiger partial charge in [0.05, 0.1) is 10.5 Å². The maximum atomic E-state index is 11.5. The van der Waals surface area contributed by atoms with E-state index in [-0.39, 0.29) is 22.9 Å². The number of nitrogens with zero attached hydrogens (tertiary/aromatic N) is 4. The molecule has 0 fully saturated rings. The molecule has 4 rings (SSSR count). The van der Waals surface area contributed by atoms with Crippen LogP contribution in [0.25, 0.3) is 11.3 Å². The van der Waals surface area contributed by atoms with E-state index in [1.54, 1.807) is 6.07 Å². The number of fused-ring (bicyclic) bond motifs is 3. The fraction of sp³-hybridized carbons (Fsp3) is 0.118. The number of nitro groups is 1. The molecule has 27 heavy (non-hydrogen) atoms. The first kappa shape index (κ1) is 17.0. The highest BCUT2D eigenvalue weighted by molar-refractivity contribution is 7.98. The lowest BCUT2D eigenvalue weighted by molar-refractivity contribution is -0.386. The Balaban J connectivity index is 1.91. The van der Waals surface area contributed by atoms with Crippen LogP contribution in [-0.4, -0.2) is 31.5 Å². The zero-order chi connectivity index (χ0) is 19.0. The van der Waals surface area contributed by atoms with E-state index in [1.165, 1.54) is 30.0 Å². The lowest BCUT2D eigenvalue weighted by Gasteiger charge is -2.19. The number of nitro benzene ring substituents is 1. The van der Waals surface area contributed by atoms with Crippen molar-refractivity contribution in [2.45, 2.75) is 11.4 Å². The fourth-order valence-electron chi connectivity index (χ4n) is 2.79.